The Bertz CT molecular complexity index is 4620. The summed E-state index contributed by atoms with van der Waals surface area (Å²) in [6.07, 6.45) is 0. The Kier molecular flexibility index (Phi) is 9.62. The van der Waals surface area contributed by atoms with E-state index in [2.05, 4.69) is 309 Å². The van der Waals surface area contributed by atoms with Crippen molar-refractivity contribution in [1.29, 1.82) is 0 Å². The highest BCUT2D eigenvalue weighted by molar-refractivity contribution is 7.20. The summed E-state index contributed by atoms with van der Waals surface area (Å²) in [5, 5.41) is 15.2. The molecule has 0 amide bonds. The van der Waals surface area contributed by atoms with Crippen molar-refractivity contribution in [3.05, 3.63) is 291 Å². The van der Waals surface area contributed by atoms with Gasteiger partial charge in [-0.15, -0.1) is 0 Å². The third kappa shape index (κ3) is 6.26. The molecule has 0 N–H and O–H groups in total. The summed E-state index contributed by atoms with van der Waals surface area (Å²) in [4.78, 5) is 0. The highest BCUT2D eigenvalue weighted by Crippen LogP contribution is 2.44. The minimum absolute atomic E-state index is 1.13. The first-order valence-corrected chi connectivity index (χ1v) is 28.6. The largest absolute Gasteiger partial charge is 0.307 e. The average Bonchev–Trinajstić information content (AvgIpc) is 4.44. The van der Waals surface area contributed by atoms with Gasteiger partial charge in [0.15, 0.2) is 8.07 Å². The van der Waals surface area contributed by atoms with Crippen LogP contribution in [0.3, 0.4) is 0 Å². The van der Waals surface area contributed by atoms with E-state index in [0.717, 1.165) is 22.7 Å². The van der Waals surface area contributed by atoms with Crippen molar-refractivity contribution in [2.24, 2.45) is 0 Å². The number of benzene rings is 12. The van der Waals surface area contributed by atoms with Gasteiger partial charge in [-0.1, -0.05) is 218 Å². The standard InChI is InChI=1S/C72H48N4Si/c1-7-23-49(24-8-1)73-65-37-21-19-35-57(65)59-41-43-61-63-47-55(39-45-67(63)75(71(61)69(59)73)51-27-11-3-12-28-51)77(53-31-15-5-16-32-53,54-33-17-6-18-34-54)56-40-46-68-64(48-56)62-44-42-60-58-36-20-22-38-66(58)74(50-25-9-2-10-26-50)70(60)72(62)76(68)52-29-13-4-14-30-52/h1-48H. The van der Waals surface area contributed by atoms with E-state index in [1.54, 1.807) is 0 Å². The maximum Gasteiger partial charge on any atom is 0.179 e. The van der Waals surface area contributed by atoms with Crippen LogP contribution in [0.15, 0.2) is 291 Å². The maximum absolute atomic E-state index is 3.17. The molecule has 0 atom stereocenters. The Morgan fingerprint density at radius 1 is 0.182 bits per heavy atom. The lowest BCUT2D eigenvalue weighted by atomic mass is 10.1. The van der Waals surface area contributed by atoms with Gasteiger partial charge < -0.3 is 18.3 Å². The molecular formula is C72H48N4Si. The van der Waals surface area contributed by atoms with Crippen molar-refractivity contribution in [3.8, 4) is 22.7 Å². The van der Waals surface area contributed by atoms with Gasteiger partial charge in [0.05, 0.1) is 44.1 Å². The summed E-state index contributed by atoms with van der Waals surface area (Å²) in [5.41, 5.74) is 14.1. The third-order valence-corrected chi connectivity index (χ3v) is 21.2. The van der Waals surface area contributed by atoms with E-state index in [0.29, 0.717) is 0 Å². The molecule has 12 aromatic carbocycles. The van der Waals surface area contributed by atoms with Crippen LogP contribution in [0.25, 0.3) is 110 Å². The number of para-hydroxylation sites is 6. The zero-order chi connectivity index (χ0) is 50.6. The lowest BCUT2D eigenvalue weighted by Crippen LogP contribution is -2.74. The summed E-state index contributed by atoms with van der Waals surface area (Å²) in [7, 11) is -3.17. The Labute approximate surface area is 445 Å². The molecule has 16 rings (SSSR count). The molecule has 77 heavy (non-hydrogen) atoms. The highest BCUT2D eigenvalue weighted by atomic mass is 28.3. The van der Waals surface area contributed by atoms with Gasteiger partial charge in [-0.05, 0) is 93.5 Å². The molecule has 4 nitrogen and oxygen atoms in total. The van der Waals surface area contributed by atoms with E-state index in [1.165, 1.54) is 108 Å². The fraction of sp³-hybridized carbons (Fsp3) is 0. The van der Waals surface area contributed by atoms with E-state index >= 15 is 0 Å². The molecule has 5 heteroatoms. The molecule has 0 bridgehead atoms. The predicted octanol–water partition coefficient (Wildman–Crippen LogP) is 15.5. The molecule has 0 fully saturated rings. The quantitative estimate of drug-likeness (QED) is 0.107. The van der Waals surface area contributed by atoms with Gasteiger partial charge in [0.25, 0.3) is 0 Å². The van der Waals surface area contributed by atoms with Crippen molar-refractivity contribution in [2.75, 3.05) is 0 Å². The first kappa shape index (κ1) is 43.5. The van der Waals surface area contributed by atoms with Crippen molar-refractivity contribution >= 4 is 116 Å². The van der Waals surface area contributed by atoms with E-state index in [1.807, 2.05) is 0 Å². The highest BCUT2D eigenvalue weighted by Gasteiger charge is 2.42. The fourth-order valence-corrected chi connectivity index (χ4v) is 18.1. The second-order valence-electron chi connectivity index (χ2n) is 20.4. The Balaban J connectivity index is 1.04. The first-order chi connectivity index (χ1) is 38.3. The molecule has 0 aliphatic rings. The summed E-state index contributed by atoms with van der Waals surface area (Å²) >= 11 is 0. The summed E-state index contributed by atoms with van der Waals surface area (Å²) < 4.78 is 9.99. The smallest absolute Gasteiger partial charge is 0.179 e. The van der Waals surface area contributed by atoms with Crippen LogP contribution in [0.4, 0.5) is 0 Å². The molecular weight excluding hydrogens is 949 g/mol. The van der Waals surface area contributed by atoms with Gasteiger partial charge in [-0.2, -0.15) is 0 Å². The van der Waals surface area contributed by atoms with Crippen molar-refractivity contribution in [3.63, 3.8) is 0 Å². The Morgan fingerprint density at radius 2 is 0.442 bits per heavy atom. The van der Waals surface area contributed by atoms with Crippen LogP contribution in [0.1, 0.15) is 0 Å². The summed E-state index contributed by atoms with van der Waals surface area (Å²) in [6, 6.07) is 109. The molecule has 0 aliphatic carbocycles. The number of fused-ring (bicyclic) bond motifs is 14. The lowest BCUT2D eigenvalue weighted by molar-refractivity contribution is 1.15. The molecule has 0 saturated carbocycles. The monoisotopic (exact) mass is 996 g/mol. The van der Waals surface area contributed by atoms with Gasteiger partial charge in [-0.3, -0.25) is 0 Å². The van der Waals surface area contributed by atoms with Crippen LogP contribution >= 0.6 is 0 Å². The molecule has 360 valence electrons. The fourth-order valence-electron chi connectivity index (χ4n) is 13.3. The van der Waals surface area contributed by atoms with E-state index < -0.39 is 8.07 Å². The van der Waals surface area contributed by atoms with Gasteiger partial charge in [0, 0.05) is 65.8 Å². The number of aromatic nitrogens is 4. The summed E-state index contributed by atoms with van der Waals surface area (Å²) in [6.45, 7) is 0. The zero-order valence-corrected chi connectivity index (χ0v) is 43.0. The molecule has 4 aromatic heterocycles. The van der Waals surface area contributed by atoms with Crippen LogP contribution in [0, 0.1) is 0 Å². The molecule has 16 aromatic rings. The van der Waals surface area contributed by atoms with Crippen LogP contribution in [-0.4, -0.2) is 26.3 Å². The normalized spacial score (nSPS) is 12.2. The lowest BCUT2D eigenvalue weighted by Gasteiger charge is -2.34. The molecule has 0 radical (unpaired) electrons. The average molecular weight is 997 g/mol. The SMILES string of the molecule is c1ccc(-n2c3ccccc3c3ccc4c5cc([Si](c6ccccc6)(c6ccccc6)c6ccc7c(c6)c6ccc8c9ccccc9n(-c9ccccc9)c8c6n7-c6ccccc6)ccc5n(-c5ccccc5)c4c32)cc1. The van der Waals surface area contributed by atoms with Gasteiger partial charge in [0.1, 0.15) is 0 Å². The van der Waals surface area contributed by atoms with Crippen LogP contribution in [-0.2, 0) is 0 Å². The molecule has 0 spiro atoms. The second kappa shape index (κ2) is 17.0. The van der Waals surface area contributed by atoms with E-state index in [4.69, 9.17) is 0 Å². The van der Waals surface area contributed by atoms with Crippen LogP contribution in [0.2, 0.25) is 0 Å². The van der Waals surface area contributed by atoms with Crippen LogP contribution < -0.4 is 20.7 Å². The predicted molar refractivity (Wildman–Crippen MR) is 327 cm³/mol. The van der Waals surface area contributed by atoms with Crippen molar-refractivity contribution in [2.45, 2.75) is 0 Å². The Morgan fingerprint density at radius 3 is 0.766 bits per heavy atom. The van der Waals surface area contributed by atoms with Gasteiger partial charge in [-0.25, -0.2) is 0 Å². The maximum atomic E-state index is 2.57. The number of nitrogens with zero attached hydrogens (tertiary/aromatic N) is 4. The van der Waals surface area contributed by atoms with Crippen molar-refractivity contribution < 1.29 is 0 Å². The molecule has 0 saturated heterocycles. The molecule has 4 heterocycles. The van der Waals surface area contributed by atoms with Gasteiger partial charge in [0.2, 0.25) is 0 Å². The third-order valence-electron chi connectivity index (χ3n) is 16.5. The topological polar surface area (TPSA) is 19.7 Å². The first-order valence-electron chi connectivity index (χ1n) is 26.6. The molecule has 0 unspecified atom stereocenters. The Hall–Kier alpha value is -9.94. The zero-order valence-electron chi connectivity index (χ0n) is 42.0. The minimum Gasteiger partial charge on any atom is -0.307 e. The van der Waals surface area contributed by atoms with Crippen LogP contribution in [0.5, 0.6) is 0 Å². The van der Waals surface area contributed by atoms with E-state index in [9.17, 15) is 0 Å². The van der Waals surface area contributed by atoms with Crippen molar-refractivity contribution in [1.82, 2.24) is 18.3 Å². The van der Waals surface area contributed by atoms with Gasteiger partial charge >= 0.3 is 0 Å². The number of rotatable bonds is 8. The number of hydrogen-bond donors (Lipinski definition) is 0. The summed E-state index contributed by atoms with van der Waals surface area (Å²) in [5.74, 6) is 0. The minimum atomic E-state index is -3.17. The number of hydrogen-bond acceptors (Lipinski definition) is 0. The van der Waals surface area contributed by atoms with E-state index in [-0.39, 0.29) is 0 Å². The second-order valence-corrected chi connectivity index (χ2v) is 24.2. The molecule has 0 aliphatic heterocycles.